The Hall–Kier alpha value is -3.41. The fourth-order valence-electron chi connectivity index (χ4n) is 4.65. The molecule has 0 spiro atoms. The molecule has 2 amide bonds. The number of rotatable bonds is 7. The van der Waals surface area contributed by atoms with Crippen LogP contribution in [0.4, 0.5) is 10.2 Å². The topological polar surface area (TPSA) is 121 Å². The number of carbonyl (C=O) groups excluding carboxylic acids is 2. The summed E-state index contributed by atoms with van der Waals surface area (Å²) in [5, 5.41) is 14.0. The first kappa shape index (κ1) is 25.2. The van der Waals surface area contributed by atoms with Crippen molar-refractivity contribution >= 4 is 40.4 Å². The van der Waals surface area contributed by atoms with Crippen LogP contribution in [0, 0.1) is 0 Å². The van der Waals surface area contributed by atoms with Crippen molar-refractivity contribution in [2.24, 2.45) is 0 Å². The van der Waals surface area contributed by atoms with Crippen LogP contribution in [0.1, 0.15) is 35.7 Å². The summed E-state index contributed by atoms with van der Waals surface area (Å²) in [6, 6.07) is 8.25. The monoisotopic (exact) mass is 528 g/mol. The Labute approximate surface area is 216 Å². The summed E-state index contributed by atoms with van der Waals surface area (Å²) in [5.74, 6) is -0.385. The second kappa shape index (κ2) is 9.81. The Morgan fingerprint density at radius 1 is 1.27 bits per heavy atom. The highest BCUT2D eigenvalue weighted by molar-refractivity contribution is 6.30. The molecule has 4 heterocycles. The number of fused-ring (bicyclic) bond motifs is 1. The van der Waals surface area contributed by atoms with Crippen molar-refractivity contribution in [1.82, 2.24) is 24.8 Å². The first-order valence-corrected chi connectivity index (χ1v) is 12.3. The molecule has 194 valence electrons. The number of hydrogen-bond donors (Lipinski definition) is 2. The van der Waals surface area contributed by atoms with Gasteiger partial charge in [0.2, 0.25) is 5.91 Å². The normalized spacial score (nSPS) is 18.2. The largest absolute Gasteiger partial charge is 0.376 e. The van der Waals surface area contributed by atoms with E-state index in [9.17, 15) is 23.9 Å². The number of alkyl halides is 1. The maximum absolute atomic E-state index is 14.0. The predicted molar refractivity (Wildman–Crippen MR) is 135 cm³/mol. The molecule has 10 nitrogen and oxygen atoms in total. The lowest BCUT2D eigenvalue weighted by molar-refractivity contribution is -0.120. The van der Waals surface area contributed by atoms with Gasteiger partial charge in [-0.2, -0.15) is 0 Å². The van der Waals surface area contributed by atoms with Crippen LogP contribution < -0.4 is 15.8 Å². The number of amides is 2. The van der Waals surface area contributed by atoms with Crippen molar-refractivity contribution in [2.45, 2.75) is 44.8 Å². The highest BCUT2D eigenvalue weighted by atomic mass is 35.5. The molecule has 1 unspecified atom stereocenters. The SMILES string of the molecule is CC1(F)CN(C(O)Cn2c(=O)c(C(=O)NCc3ccc(Cl)cc3)cc3nc(N4CCCC4=O)cnc32)C1. The molecule has 2 fully saturated rings. The average Bonchev–Trinajstić information content (AvgIpc) is 3.28. The van der Waals surface area contributed by atoms with Crippen molar-refractivity contribution in [3.05, 3.63) is 63.0 Å². The van der Waals surface area contributed by atoms with Gasteiger partial charge in [0.1, 0.15) is 23.0 Å². The fraction of sp³-hybridized carbons (Fsp3) is 0.400. The highest BCUT2D eigenvalue weighted by Crippen LogP contribution is 2.27. The number of aliphatic hydroxyl groups is 1. The molecule has 0 radical (unpaired) electrons. The molecule has 3 aromatic rings. The van der Waals surface area contributed by atoms with Crippen molar-refractivity contribution in [3.63, 3.8) is 0 Å². The van der Waals surface area contributed by atoms with E-state index in [1.54, 1.807) is 24.3 Å². The maximum Gasteiger partial charge on any atom is 0.265 e. The zero-order chi connectivity index (χ0) is 26.3. The van der Waals surface area contributed by atoms with Crippen LogP contribution in [-0.2, 0) is 17.9 Å². The van der Waals surface area contributed by atoms with Crippen LogP contribution in [0.15, 0.2) is 41.3 Å². The van der Waals surface area contributed by atoms with E-state index in [4.69, 9.17) is 11.6 Å². The molecule has 0 aliphatic carbocycles. The summed E-state index contributed by atoms with van der Waals surface area (Å²) in [4.78, 5) is 50.6. The van der Waals surface area contributed by atoms with E-state index >= 15 is 0 Å². The summed E-state index contributed by atoms with van der Waals surface area (Å²) in [7, 11) is 0. The van der Waals surface area contributed by atoms with E-state index in [0.717, 1.165) is 5.56 Å². The summed E-state index contributed by atoms with van der Waals surface area (Å²) in [5.41, 5.74) is -1.10. The summed E-state index contributed by atoms with van der Waals surface area (Å²) >= 11 is 5.91. The molecule has 0 saturated carbocycles. The van der Waals surface area contributed by atoms with Crippen molar-refractivity contribution in [1.29, 1.82) is 0 Å². The number of pyridine rings is 1. The van der Waals surface area contributed by atoms with E-state index in [0.29, 0.717) is 30.2 Å². The van der Waals surface area contributed by atoms with Crippen molar-refractivity contribution in [2.75, 3.05) is 24.5 Å². The number of aliphatic hydroxyl groups excluding tert-OH is 1. The first-order valence-electron chi connectivity index (χ1n) is 12.0. The molecule has 1 aromatic carbocycles. The molecule has 0 bridgehead atoms. The molecule has 5 rings (SSSR count). The second-order valence-corrected chi connectivity index (χ2v) is 10.1. The number of carbonyl (C=O) groups is 2. The molecule has 2 aliphatic heterocycles. The standard InChI is InChI=1S/C25H26ClFN6O4/c1-25(27)13-31(14-25)21(35)12-33-22-18(30-19(11-28-22)32-8-2-3-20(32)34)9-17(24(33)37)23(36)29-10-15-4-6-16(26)7-5-15/h4-7,9,11,21,35H,2-3,8,10,12-14H2,1H3,(H,29,36). The van der Waals surface area contributed by atoms with Gasteiger partial charge >= 0.3 is 0 Å². The highest BCUT2D eigenvalue weighted by Gasteiger charge is 2.42. The lowest BCUT2D eigenvalue weighted by atomic mass is 9.99. The number of likely N-dealkylation sites (tertiary alicyclic amines) is 1. The van der Waals surface area contributed by atoms with Crippen LogP contribution in [0.25, 0.3) is 11.2 Å². The van der Waals surface area contributed by atoms with Gasteiger partial charge in [0.15, 0.2) is 11.5 Å². The lowest BCUT2D eigenvalue weighted by Crippen LogP contribution is -2.61. The minimum atomic E-state index is -1.41. The van der Waals surface area contributed by atoms with Gasteiger partial charge in [0.25, 0.3) is 11.5 Å². The molecule has 2 saturated heterocycles. The number of benzene rings is 1. The van der Waals surface area contributed by atoms with Gasteiger partial charge in [-0.25, -0.2) is 14.4 Å². The smallest absolute Gasteiger partial charge is 0.265 e. The maximum atomic E-state index is 14.0. The first-order chi connectivity index (χ1) is 17.6. The van der Waals surface area contributed by atoms with Crippen molar-refractivity contribution in [3.8, 4) is 0 Å². The lowest BCUT2D eigenvalue weighted by Gasteiger charge is -2.44. The van der Waals surface area contributed by atoms with Gasteiger partial charge in [-0.3, -0.25) is 28.8 Å². The Morgan fingerprint density at radius 3 is 2.65 bits per heavy atom. The molecule has 2 aliphatic rings. The van der Waals surface area contributed by atoms with Crippen LogP contribution >= 0.6 is 11.6 Å². The minimum Gasteiger partial charge on any atom is -0.376 e. The number of aromatic nitrogens is 3. The van der Waals surface area contributed by atoms with Gasteiger partial charge in [0.05, 0.1) is 12.7 Å². The molecular formula is C25H26ClFN6O4. The van der Waals surface area contributed by atoms with Crippen LogP contribution in [0.2, 0.25) is 5.02 Å². The quantitative estimate of drug-likeness (QED) is 0.480. The zero-order valence-electron chi connectivity index (χ0n) is 20.2. The Morgan fingerprint density at radius 2 is 2.00 bits per heavy atom. The van der Waals surface area contributed by atoms with Gasteiger partial charge in [0, 0.05) is 37.6 Å². The Kier molecular flexibility index (Phi) is 6.69. The van der Waals surface area contributed by atoms with Crippen LogP contribution in [-0.4, -0.2) is 67.9 Å². The van der Waals surface area contributed by atoms with Gasteiger partial charge < -0.3 is 10.4 Å². The van der Waals surface area contributed by atoms with Crippen LogP contribution in [0.3, 0.4) is 0 Å². The number of nitrogens with zero attached hydrogens (tertiary/aromatic N) is 5. The summed E-state index contributed by atoms with van der Waals surface area (Å²) < 4.78 is 15.2. The third kappa shape index (κ3) is 5.20. The van der Waals surface area contributed by atoms with E-state index < -0.39 is 23.4 Å². The molecule has 2 N–H and O–H groups in total. The van der Waals surface area contributed by atoms with Crippen LogP contribution in [0.5, 0.6) is 0 Å². The number of halogens is 2. The van der Waals surface area contributed by atoms with Crippen molar-refractivity contribution < 1.29 is 19.1 Å². The molecular weight excluding hydrogens is 503 g/mol. The average molecular weight is 529 g/mol. The summed E-state index contributed by atoms with van der Waals surface area (Å²) in [6.07, 6.45) is 1.34. The number of hydrogen-bond acceptors (Lipinski definition) is 7. The van der Waals surface area contributed by atoms with E-state index in [1.165, 1.54) is 33.6 Å². The molecule has 2 aromatic heterocycles. The molecule has 1 atom stereocenters. The fourth-order valence-corrected chi connectivity index (χ4v) is 4.78. The Bertz CT molecular complexity index is 1420. The van der Waals surface area contributed by atoms with Gasteiger partial charge in [-0.15, -0.1) is 0 Å². The zero-order valence-corrected chi connectivity index (χ0v) is 20.9. The minimum absolute atomic E-state index is 0.0228. The molecule has 37 heavy (non-hydrogen) atoms. The predicted octanol–water partition coefficient (Wildman–Crippen LogP) is 1.86. The van der Waals surface area contributed by atoms with E-state index in [2.05, 4.69) is 15.3 Å². The van der Waals surface area contributed by atoms with E-state index in [-0.39, 0.29) is 48.8 Å². The molecule has 12 heteroatoms. The summed E-state index contributed by atoms with van der Waals surface area (Å²) in [6.45, 7) is 1.91. The second-order valence-electron chi connectivity index (χ2n) is 9.67. The van der Waals surface area contributed by atoms with Gasteiger partial charge in [-0.1, -0.05) is 23.7 Å². The number of nitrogens with one attached hydrogen (secondary N) is 1. The Balaban J connectivity index is 1.49. The van der Waals surface area contributed by atoms with E-state index in [1.807, 2.05) is 0 Å². The number of anilines is 1. The third-order valence-corrected chi connectivity index (χ3v) is 6.82. The van der Waals surface area contributed by atoms with Gasteiger partial charge in [-0.05, 0) is 37.1 Å². The third-order valence-electron chi connectivity index (χ3n) is 6.57.